The second-order valence-corrected chi connectivity index (χ2v) is 7.65. The van der Waals surface area contributed by atoms with Crippen molar-refractivity contribution in [2.24, 2.45) is 0 Å². The van der Waals surface area contributed by atoms with Crippen molar-refractivity contribution in [3.8, 4) is 11.5 Å². The minimum absolute atomic E-state index is 0.0529. The Morgan fingerprint density at radius 2 is 1.97 bits per heavy atom. The summed E-state index contributed by atoms with van der Waals surface area (Å²) in [6, 6.07) is 12.9. The van der Waals surface area contributed by atoms with Crippen LogP contribution >= 0.6 is 11.6 Å². The van der Waals surface area contributed by atoms with Crippen LogP contribution < -0.4 is 11.1 Å². The molecule has 1 amide bonds. The highest BCUT2D eigenvalue weighted by Gasteiger charge is 2.20. The third-order valence-electron chi connectivity index (χ3n) is 5.11. The van der Waals surface area contributed by atoms with Gasteiger partial charge in [0.2, 0.25) is 5.89 Å². The first-order valence-corrected chi connectivity index (χ1v) is 10.00. The monoisotopic (exact) mass is 436 g/mol. The van der Waals surface area contributed by atoms with Crippen molar-refractivity contribution in [1.29, 1.82) is 0 Å². The number of carbonyl (C=O) groups excluding carboxylic acids is 1. The molecule has 8 nitrogen and oxygen atoms in total. The van der Waals surface area contributed by atoms with Crippen molar-refractivity contribution < 1.29 is 9.21 Å². The van der Waals surface area contributed by atoms with Gasteiger partial charge in [0.05, 0.1) is 6.54 Å². The highest BCUT2D eigenvalue weighted by molar-refractivity contribution is 6.30. The summed E-state index contributed by atoms with van der Waals surface area (Å²) in [5.74, 6) is 0.788. The topological polar surface area (TPSA) is 112 Å². The highest BCUT2D eigenvalue weighted by atomic mass is 35.5. The van der Waals surface area contributed by atoms with E-state index < -0.39 is 5.91 Å². The zero-order chi connectivity index (χ0) is 22.1. The standard InChI is InChI=1S/C22H21ClN6O2/c1-12-6-4-9-17(13(12)2)25-21(30)19-20(24)29(28-27-19)11-18-14(3)31-22(26-18)15-7-5-8-16(23)10-15/h4-10H,11,24H2,1-3H3,(H,25,30). The number of aryl methyl sites for hydroxylation is 2. The number of nitrogens with two attached hydrogens (primary N) is 1. The van der Waals surface area contributed by atoms with Crippen LogP contribution in [0.15, 0.2) is 46.9 Å². The van der Waals surface area contributed by atoms with Crippen LogP contribution in [0.4, 0.5) is 11.5 Å². The van der Waals surface area contributed by atoms with Crippen LogP contribution in [0.25, 0.3) is 11.5 Å². The lowest BCUT2D eigenvalue weighted by Crippen LogP contribution is -2.16. The van der Waals surface area contributed by atoms with Crippen molar-refractivity contribution in [2.45, 2.75) is 27.3 Å². The van der Waals surface area contributed by atoms with E-state index in [1.807, 2.05) is 44.2 Å². The van der Waals surface area contributed by atoms with E-state index in [9.17, 15) is 4.79 Å². The van der Waals surface area contributed by atoms with Crippen molar-refractivity contribution in [3.05, 3.63) is 75.8 Å². The predicted molar refractivity (Wildman–Crippen MR) is 119 cm³/mol. The molecule has 31 heavy (non-hydrogen) atoms. The van der Waals surface area contributed by atoms with E-state index in [0.717, 1.165) is 16.7 Å². The zero-order valence-corrected chi connectivity index (χ0v) is 18.1. The summed E-state index contributed by atoms with van der Waals surface area (Å²) in [5, 5.41) is 11.4. The smallest absolute Gasteiger partial charge is 0.280 e. The molecule has 0 unspecified atom stereocenters. The van der Waals surface area contributed by atoms with Crippen molar-refractivity contribution >= 4 is 29.0 Å². The number of oxazole rings is 1. The van der Waals surface area contributed by atoms with E-state index in [2.05, 4.69) is 20.6 Å². The van der Waals surface area contributed by atoms with E-state index in [1.54, 1.807) is 19.1 Å². The largest absolute Gasteiger partial charge is 0.441 e. The van der Waals surface area contributed by atoms with Gasteiger partial charge in [0, 0.05) is 16.3 Å². The van der Waals surface area contributed by atoms with Gasteiger partial charge < -0.3 is 15.5 Å². The van der Waals surface area contributed by atoms with E-state index in [1.165, 1.54) is 4.68 Å². The lowest BCUT2D eigenvalue weighted by molar-refractivity contribution is 0.102. The number of amides is 1. The molecule has 0 saturated heterocycles. The Bertz CT molecular complexity index is 1280. The maximum atomic E-state index is 12.7. The van der Waals surface area contributed by atoms with Gasteiger partial charge in [-0.1, -0.05) is 35.0 Å². The fraction of sp³-hybridized carbons (Fsp3) is 0.182. The Morgan fingerprint density at radius 3 is 2.74 bits per heavy atom. The predicted octanol–water partition coefficient (Wildman–Crippen LogP) is 4.39. The van der Waals surface area contributed by atoms with Gasteiger partial charge >= 0.3 is 0 Å². The third kappa shape index (κ3) is 4.15. The van der Waals surface area contributed by atoms with Crippen LogP contribution in [0.5, 0.6) is 0 Å². The van der Waals surface area contributed by atoms with Crippen LogP contribution in [0.2, 0.25) is 5.02 Å². The van der Waals surface area contributed by atoms with Crippen LogP contribution in [0.1, 0.15) is 33.1 Å². The molecule has 0 aliphatic heterocycles. The van der Waals surface area contributed by atoms with Gasteiger partial charge in [-0.2, -0.15) is 0 Å². The average molecular weight is 437 g/mol. The fourth-order valence-electron chi connectivity index (χ4n) is 3.13. The minimum atomic E-state index is -0.422. The number of hydrogen-bond donors (Lipinski definition) is 2. The maximum absolute atomic E-state index is 12.7. The average Bonchev–Trinajstić information content (AvgIpc) is 3.29. The lowest BCUT2D eigenvalue weighted by atomic mass is 10.1. The van der Waals surface area contributed by atoms with Crippen molar-refractivity contribution in [2.75, 3.05) is 11.1 Å². The summed E-state index contributed by atoms with van der Waals surface area (Å²) in [5.41, 5.74) is 10.4. The van der Waals surface area contributed by atoms with Gasteiger partial charge in [0.15, 0.2) is 11.5 Å². The number of benzene rings is 2. The molecule has 4 aromatic rings. The second-order valence-electron chi connectivity index (χ2n) is 7.21. The summed E-state index contributed by atoms with van der Waals surface area (Å²) in [6.45, 7) is 5.94. The number of hydrogen-bond acceptors (Lipinski definition) is 6. The molecule has 158 valence electrons. The first-order valence-electron chi connectivity index (χ1n) is 9.62. The van der Waals surface area contributed by atoms with E-state index >= 15 is 0 Å². The first kappa shape index (κ1) is 20.6. The van der Waals surface area contributed by atoms with Gasteiger partial charge in [-0.3, -0.25) is 4.79 Å². The summed E-state index contributed by atoms with van der Waals surface area (Å²) < 4.78 is 7.20. The fourth-order valence-corrected chi connectivity index (χ4v) is 3.32. The SMILES string of the molecule is Cc1cccc(NC(=O)c2nnn(Cc3nc(-c4cccc(Cl)c4)oc3C)c2N)c1C. The Labute approximate surface area is 184 Å². The summed E-state index contributed by atoms with van der Waals surface area (Å²) in [7, 11) is 0. The van der Waals surface area contributed by atoms with Crippen LogP contribution in [-0.4, -0.2) is 25.9 Å². The Hall–Kier alpha value is -3.65. The number of nitrogens with one attached hydrogen (secondary N) is 1. The molecule has 0 atom stereocenters. The van der Waals surface area contributed by atoms with Crippen molar-refractivity contribution in [1.82, 2.24) is 20.0 Å². The maximum Gasteiger partial charge on any atom is 0.280 e. The molecule has 2 aromatic carbocycles. The number of halogens is 1. The van der Waals surface area contributed by atoms with Gasteiger partial charge in [-0.15, -0.1) is 5.10 Å². The molecule has 0 aliphatic rings. The summed E-state index contributed by atoms with van der Waals surface area (Å²) >= 11 is 6.05. The Morgan fingerprint density at radius 1 is 1.19 bits per heavy atom. The molecule has 0 aliphatic carbocycles. The number of aromatic nitrogens is 4. The highest BCUT2D eigenvalue weighted by Crippen LogP contribution is 2.25. The minimum Gasteiger partial charge on any atom is -0.441 e. The van der Waals surface area contributed by atoms with E-state index in [-0.39, 0.29) is 18.1 Å². The molecule has 9 heteroatoms. The van der Waals surface area contributed by atoms with Gasteiger partial charge in [-0.25, -0.2) is 9.67 Å². The first-order chi connectivity index (χ1) is 14.8. The number of rotatable bonds is 5. The van der Waals surface area contributed by atoms with E-state index in [4.69, 9.17) is 21.8 Å². The molecule has 0 saturated carbocycles. The van der Waals surface area contributed by atoms with Crippen LogP contribution in [-0.2, 0) is 6.54 Å². The number of nitrogen functional groups attached to an aromatic ring is 1. The summed E-state index contributed by atoms with van der Waals surface area (Å²) in [4.78, 5) is 17.2. The summed E-state index contributed by atoms with van der Waals surface area (Å²) in [6.07, 6.45) is 0. The molecule has 0 radical (unpaired) electrons. The molecule has 4 rings (SSSR count). The van der Waals surface area contributed by atoms with Gasteiger partial charge in [0.25, 0.3) is 5.91 Å². The molecule has 2 aromatic heterocycles. The number of anilines is 2. The third-order valence-corrected chi connectivity index (χ3v) is 5.34. The molecular formula is C22H21ClN6O2. The molecule has 0 spiro atoms. The molecule has 0 bridgehead atoms. The lowest BCUT2D eigenvalue weighted by Gasteiger charge is -2.09. The van der Waals surface area contributed by atoms with Crippen LogP contribution in [0, 0.1) is 20.8 Å². The normalized spacial score (nSPS) is 11.0. The van der Waals surface area contributed by atoms with Crippen LogP contribution in [0.3, 0.4) is 0 Å². The number of nitrogens with zero attached hydrogens (tertiary/aromatic N) is 4. The molecule has 0 fully saturated rings. The Kier molecular flexibility index (Phi) is 5.48. The Balaban J connectivity index is 1.55. The molecular weight excluding hydrogens is 416 g/mol. The van der Waals surface area contributed by atoms with Gasteiger partial charge in [-0.05, 0) is 56.2 Å². The second kappa shape index (κ2) is 8.23. The van der Waals surface area contributed by atoms with Crippen molar-refractivity contribution in [3.63, 3.8) is 0 Å². The number of carbonyl (C=O) groups is 1. The molecule has 2 heterocycles. The quantitative estimate of drug-likeness (QED) is 0.479. The van der Waals surface area contributed by atoms with Gasteiger partial charge in [0.1, 0.15) is 11.5 Å². The molecule has 3 N–H and O–H groups in total. The van der Waals surface area contributed by atoms with E-state index in [0.29, 0.717) is 28.1 Å². The zero-order valence-electron chi connectivity index (χ0n) is 17.3.